The number of nitrogens with one attached hydrogen (secondary N) is 1. The number of Topliss-reactive ketones (excluding diaryl/α,β-unsaturated/α-hetero) is 1. The van der Waals surface area contributed by atoms with Crippen molar-refractivity contribution in [3.8, 4) is 0 Å². The van der Waals surface area contributed by atoms with Crippen molar-refractivity contribution in [3.05, 3.63) is 63.4 Å². The van der Waals surface area contributed by atoms with Crippen LogP contribution in [-0.2, 0) is 9.59 Å². The molecule has 1 fully saturated rings. The smallest absolute Gasteiger partial charge is 0.293 e. The van der Waals surface area contributed by atoms with Crippen LogP contribution in [0.2, 0.25) is 0 Å². The van der Waals surface area contributed by atoms with E-state index < -0.39 is 17.7 Å². The lowest BCUT2D eigenvalue weighted by Gasteiger charge is -2.11. The molecule has 106 valence electrons. The molecule has 0 unspecified atom stereocenters. The second-order valence-corrected chi connectivity index (χ2v) is 5.86. The molecule has 0 saturated carbocycles. The summed E-state index contributed by atoms with van der Waals surface area (Å²) in [4.78, 5) is 24.6. The number of carbonyl (C=O) groups excluding carboxylic acids is 2. The highest BCUT2D eigenvalue weighted by molar-refractivity contribution is 7.10. The van der Waals surface area contributed by atoms with Crippen LogP contribution in [0.1, 0.15) is 22.0 Å². The Bertz CT molecular complexity index is 729. The second kappa shape index (κ2) is 5.18. The Kier molecular flexibility index (Phi) is 3.35. The first kappa shape index (κ1) is 13.6. The first-order valence-corrected chi connectivity index (χ1v) is 7.34. The van der Waals surface area contributed by atoms with Gasteiger partial charge in [0.15, 0.2) is 0 Å². The molecule has 0 bridgehead atoms. The minimum atomic E-state index is -0.679. The van der Waals surface area contributed by atoms with Crippen molar-refractivity contribution in [1.82, 2.24) is 5.32 Å². The van der Waals surface area contributed by atoms with E-state index in [-0.39, 0.29) is 11.3 Å². The summed E-state index contributed by atoms with van der Waals surface area (Å²) >= 11 is 1.43. The number of aryl methyl sites for hydroxylation is 1. The van der Waals surface area contributed by atoms with Crippen LogP contribution in [0.4, 0.5) is 0 Å². The average molecular weight is 299 g/mol. The first-order valence-electron chi connectivity index (χ1n) is 6.46. The summed E-state index contributed by atoms with van der Waals surface area (Å²) in [6.07, 6.45) is 0. The maximum atomic E-state index is 12.1. The summed E-state index contributed by atoms with van der Waals surface area (Å²) in [5.41, 5.74) is 1.70. The fourth-order valence-corrected chi connectivity index (χ4v) is 3.09. The van der Waals surface area contributed by atoms with E-state index in [2.05, 4.69) is 5.32 Å². The third kappa shape index (κ3) is 2.36. The molecule has 1 atom stereocenters. The van der Waals surface area contributed by atoms with Crippen molar-refractivity contribution < 1.29 is 14.7 Å². The summed E-state index contributed by atoms with van der Waals surface area (Å²) < 4.78 is 0. The number of aliphatic hydroxyl groups excluding tert-OH is 1. The molecular weight excluding hydrogens is 286 g/mol. The summed E-state index contributed by atoms with van der Waals surface area (Å²) in [6, 6.07) is 10.3. The molecule has 1 aliphatic heterocycles. The van der Waals surface area contributed by atoms with Crippen LogP contribution in [0, 0.1) is 6.92 Å². The molecule has 1 aliphatic rings. The van der Waals surface area contributed by atoms with Crippen molar-refractivity contribution in [1.29, 1.82) is 0 Å². The van der Waals surface area contributed by atoms with Gasteiger partial charge in [-0.05, 0) is 18.4 Å². The Balaban J connectivity index is 2.11. The zero-order chi connectivity index (χ0) is 15.0. The molecule has 21 heavy (non-hydrogen) atoms. The van der Waals surface area contributed by atoms with Gasteiger partial charge in [0.05, 0.1) is 11.6 Å². The van der Waals surface area contributed by atoms with Gasteiger partial charge in [-0.15, -0.1) is 11.3 Å². The van der Waals surface area contributed by atoms with Gasteiger partial charge in [-0.1, -0.05) is 35.9 Å². The number of aliphatic hydroxyl groups is 1. The van der Waals surface area contributed by atoms with Crippen LogP contribution >= 0.6 is 11.3 Å². The van der Waals surface area contributed by atoms with Crippen molar-refractivity contribution >= 4 is 28.8 Å². The van der Waals surface area contributed by atoms with Gasteiger partial charge in [-0.2, -0.15) is 0 Å². The number of thiophene rings is 1. The van der Waals surface area contributed by atoms with Crippen molar-refractivity contribution in [3.63, 3.8) is 0 Å². The molecular formula is C16H13NO3S. The molecule has 2 heterocycles. The monoisotopic (exact) mass is 299 g/mol. The standard InChI is InChI=1S/C16H13NO3S/c1-9-4-6-10(7-5-9)14(18)12-13(11-3-2-8-21-11)17-16(20)15(12)19/h2-8,13,18H,1H3,(H,17,20)/t13-/m0/s1. The van der Waals surface area contributed by atoms with Crippen LogP contribution in [0.5, 0.6) is 0 Å². The predicted molar refractivity (Wildman–Crippen MR) is 80.9 cm³/mol. The van der Waals surface area contributed by atoms with Gasteiger partial charge >= 0.3 is 0 Å². The third-order valence-corrected chi connectivity index (χ3v) is 4.36. The van der Waals surface area contributed by atoms with Crippen molar-refractivity contribution in [2.75, 3.05) is 0 Å². The molecule has 4 nitrogen and oxygen atoms in total. The van der Waals surface area contributed by atoms with E-state index in [4.69, 9.17) is 0 Å². The minimum absolute atomic E-state index is 0.117. The highest BCUT2D eigenvalue weighted by Crippen LogP contribution is 2.34. The van der Waals surface area contributed by atoms with Crippen molar-refractivity contribution in [2.24, 2.45) is 0 Å². The van der Waals surface area contributed by atoms with Gasteiger partial charge in [0.1, 0.15) is 5.76 Å². The van der Waals surface area contributed by atoms with E-state index in [0.717, 1.165) is 10.4 Å². The Hall–Kier alpha value is -2.40. The van der Waals surface area contributed by atoms with Crippen molar-refractivity contribution in [2.45, 2.75) is 13.0 Å². The molecule has 1 saturated heterocycles. The molecule has 1 aromatic carbocycles. The van der Waals surface area contributed by atoms with E-state index in [0.29, 0.717) is 5.56 Å². The highest BCUT2D eigenvalue weighted by atomic mass is 32.1. The van der Waals surface area contributed by atoms with Gasteiger partial charge in [0.2, 0.25) is 0 Å². The number of hydrogen-bond acceptors (Lipinski definition) is 4. The van der Waals surface area contributed by atoms with Gasteiger partial charge in [-0.25, -0.2) is 0 Å². The average Bonchev–Trinajstić information content (AvgIpc) is 3.09. The van der Waals surface area contributed by atoms with Crippen LogP contribution in [0.3, 0.4) is 0 Å². The SMILES string of the molecule is Cc1ccc(C(O)=C2C(=O)C(=O)N[C@H]2c2cccs2)cc1. The van der Waals surface area contributed by atoms with Crippen LogP contribution in [-0.4, -0.2) is 16.8 Å². The zero-order valence-electron chi connectivity index (χ0n) is 11.3. The Morgan fingerprint density at radius 2 is 1.90 bits per heavy atom. The largest absolute Gasteiger partial charge is 0.507 e. The van der Waals surface area contributed by atoms with Gasteiger partial charge < -0.3 is 10.4 Å². The number of ketones is 1. The lowest BCUT2D eigenvalue weighted by molar-refractivity contribution is -0.133. The maximum Gasteiger partial charge on any atom is 0.293 e. The van der Waals surface area contributed by atoms with E-state index in [1.165, 1.54) is 11.3 Å². The molecule has 0 radical (unpaired) electrons. The molecule has 2 N–H and O–H groups in total. The summed E-state index contributed by atoms with van der Waals surface area (Å²) in [5, 5.41) is 14.9. The molecule has 3 rings (SSSR count). The summed E-state index contributed by atoms with van der Waals surface area (Å²) in [7, 11) is 0. The van der Waals surface area contributed by atoms with Crippen LogP contribution < -0.4 is 5.32 Å². The minimum Gasteiger partial charge on any atom is -0.507 e. The van der Waals surface area contributed by atoms with E-state index >= 15 is 0 Å². The summed E-state index contributed by atoms with van der Waals surface area (Å²) in [5.74, 6) is -1.50. The molecule has 1 amide bonds. The summed E-state index contributed by atoms with van der Waals surface area (Å²) in [6.45, 7) is 1.94. The fourth-order valence-electron chi connectivity index (χ4n) is 2.30. The molecule has 0 spiro atoms. The second-order valence-electron chi connectivity index (χ2n) is 4.88. The van der Waals surface area contributed by atoms with Crippen LogP contribution in [0.15, 0.2) is 47.4 Å². The quantitative estimate of drug-likeness (QED) is 0.509. The Morgan fingerprint density at radius 3 is 2.52 bits per heavy atom. The highest BCUT2D eigenvalue weighted by Gasteiger charge is 2.39. The number of rotatable bonds is 2. The Labute approximate surface area is 125 Å². The molecule has 5 heteroatoms. The fraction of sp³-hybridized carbons (Fsp3) is 0.125. The zero-order valence-corrected chi connectivity index (χ0v) is 12.1. The number of amides is 1. The third-order valence-electron chi connectivity index (χ3n) is 3.42. The Morgan fingerprint density at radius 1 is 1.19 bits per heavy atom. The number of benzene rings is 1. The van der Waals surface area contributed by atoms with Gasteiger partial charge in [0.25, 0.3) is 11.7 Å². The molecule has 1 aromatic heterocycles. The predicted octanol–water partition coefficient (Wildman–Crippen LogP) is 2.77. The number of carbonyl (C=O) groups is 2. The lowest BCUT2D eigenvalue weighted by atomic mass is 10.00. The first-order chi connectivity index (χ1) is 10.1. The van der Waals surface area contributed by atoms with Gasteiger partial charge in [0, 0.05) is 10.4 Å². The van der Waals surface area contributed by atoms with E-state index in [9.17, 15) is 14.7 Å². The van der Waals surface area contributed by atoms with Crippen LogP contribution in [0.25, 0.3) is 5.76 Å². The molecule has 2 aromatic rings. The van der Waals surface area contributed by atoms with E-state index in [1.807, 2.05) is 36.6 Å². The number of hydrogen-bond donors (Lipinski definition) is 2. The molecule has 0 aliphatic carbocycles. The topological polar surface area (TPSA) is 66.4 Å². The normalized spacial score (nSPS) is 20.5. The van der Waals surface area contributed by atoms with Gasteiger partial charge in [-0.3, -0.25) is 9.59 Å². The maximum absolute atomic E-state index is 12.1. The van der Waals surface area contributed by atoms with E-state index in [1.54, 1.807) is 12.1 Å². The lowest BCUT2D eigenvalue weighted by Crippen LogP contribution is -2.20.